The second-order valence-corrected chi connectivity index (χ2v) is 2.61. The molecule has 0 spiro atoms. The third-order valence-corrected chi connectivity index (χ3v) is 1.79. The summed E-state index contributed by atoms with van der Waals surface area (Å²) in [6.45, 7) is 0. The zero-order valence-corrected chi connectivity index (χ0v) is 10.4. The molecule has 5 heteroatoms. The van der Waals surface area contributed by atoms with E-state index in [1.54, 1.807) is 12.4 Å². The van der Waals surface area contributed by atoms with Crippen LogP contribution in [0.25, 0.3) is 0 Å². The Labute approximate surface area is 102 Å². The Morgan fingerprint density at radius 2 is 2.20 bits per heavy atom. The first kappa shape index (κ1) is 11.1. The summed E-state index contributed by atoms with van der Waals surface area (Å²) in [5.41, 5.74) is 0.958. The molecule has 1 aromatic heterocycles. The van der Waals surface area contributed by atoms with Gasteiger partial charge >= 0.3 is 29.6 Å². The third kappa shape index (κ3) is 3.48. The van der Waals surface area contributed by atoms with E-state index in [4.69, 9.17) is 11.6 Å². The van der Waals surface area contributed by atoms with Crippen LogP contribution in [0.2, 0.25) is 5.15 Å². The number of alkyl halides is 1. The number of hydrogen-bond acceptors (Lipinski definition) is 2. The summed E-state index contributed by atoms with van der Waals surface area (Å²) < 4.78 is 0.877. The summed E-state index contributed by atoms with van der Waals surface area (Å²) in [5.74, 6) is 0. The van der Waals surface area contributed by atoms with Crippen LogP contribution in [0.1, 0.15) is 7.12 Å². The van der Waals surface area contributed by atoms with E-state index >= 15 is 0 Å². The van der Waals surface area contributed by atoms with Gasteiger partial charge in [0.05, 0.1) is 18.1 Å². The van der Waals surface area contributed by atoms with E-state index in [2.05, 4.69) is 32.6 Å². The van der Waals surface area contributed by atoms with Crippen molar-refractivity contribution in [2.45, 2.75) is 4.43 Å². The normalized spacial score (nSPS) is 8.60. The van der Waals surface area contributed by atoms with E-state index in [0.29, 0.717) is 5.15 Å². The fourth-order valence-corrected chi connectivity index (χ4v) is 0.900. The summed E-state index contributed by atoms with van der Waals surface area (Å²) in [6, 6.07) is 0. The van der Waals surface area contributed by atoms with Crippen LogP contribution in [0, 0.1) is 0 Å². The van der Waals surface area contributed by atoms with Crippen molar-refractivity contribution in [3.05, 3.63) is 23.2 Å². The first-order valence-electron chi connectivity index (χ1n) is 2.35. The molecule has 1 rings (SSSR count). The molecule has 2 nitrogen and oxygen atoms in total. The van der Waals surface area contributed by atoms with Crippen molar-refractivity contribution in [1.29, 1.82) is 0 Å². The van der Waals surface area contributed by atoms with Crippen molar-refractivity contribution < 1.29 is 31.0 Å². The molecule has 0 N–H and O–H groups in total. The Bertz CT molecular complexity index is 196. The predicted octanol–water partition coefficient (Wildman–Crippen LogP) is -0.819. The van der Waals surface area contributed by atoms with Crippen molar-refractivity contribution in [3.8, 4) is 0 Å². The van der Waals surface area contributed by atoms with Gasteiger partial charge in [0.15, 0.2) is 0 Å². The van der Waals surface area contributed by atoms with Crippen LogP contribution in [-0.2, 0) is 4.43 Å². The van der Waals surface area contributed by atoms with Gasteiger partial charge in [0.25, 0.3) is 0 Å². The molecule has 0 atom stereocenters. The number of halogens is 2. The van der Waals surface area contributed by atoms with Crippen LogP contribution >= 0.6 is 34.2 Å². The minimum atomic E-state index is 0. The maximum atomic E-state index is 5.49. The van der Waals surface area contributed by atoms with E-state index in [1.165, 1.54) is 0 Å². The van der Waals surface area contributed by atoms with E-state index in [-0.39, 0.29) is 31.0 Å². The van der Waals surface area contributed by atoms with Gasteiger partial charge in [0, 0.05) is 4.43 Å². The Morgan fingerprint density at radius 3 is 2.60 bits per heavy atom. The number of hydrogen-bond donors (Lipinski definition) is 0. The maximum Gasteiger partial charge on any atom is 1.00 e. The predicted molar refractivity (Wildman–Crippen MR) is 45.9 cm³/mol. The van der Waals surface area contributed by atoms with Crippen LogP contribution < -0.4 is 29.6 Å². The van der Waals surface area contributed by atoms with E-state index in [9.17, 15) is 0 Å². The van der Waals surface area contributed by atoms with Crippen molar-refractivity contribution >= 4 is 34.2 Å². The van der Waals surface area contributed by atoms with Gasteiger partial charge in [-0.05, 0) is 0 Å². The molecule has 0 radical (unpaired) electrons. The zero-order valence-electron chi connectivity index (χ0n) is 6.51. The average molecular weight is 278 g/mol. The van der Waals surface area contributed by atoms with Gasteiger partial charge in [-0.3, -0.25) is 4.98 Å². The van der Waals surface area contributed by atoms with Crippen LogP contribution in [0.15, 0.2) is 12.4 Å². The smallest absolute Gasteiger partial charge is 1.00 e. The molecule has 0 fully saturated rings. The monoisotopic (exact) mass is 278 g/mol. The van der Waals surface area contributed by atoms with Gasteiger partial charge < -0.3 is 1.43 Å². The zero-order chi connectivity index (χ0) is 6.69. The molecule has 0 amide bonds. The molecule has 0 aliphatic heterocycles. The van der Waals surface area contributed by atoms with Gasteiger partial charge in [-0.25, -0.2) is 4.98 Å². The number of nitrogens with zero attached hydrogens (tertiary/aromatic N) is 2. The van der Waals surface area contributed by atoms with E-state index in [1.807, 2.05) is 0 Å². The number of aromatic nitrogens is 2. The summed E-state index contributed by atoms with van der Waals surface area (Å²) in [4.78, 5) is 7.84. The molecular weight excluding hydrogens is 273 g/mol. The Morgan fingerprint density at radius 1 is 1.50 bits per heavy atom. The molecule has 0 aromatic carbocycles. The van der Waals surface area contributed by atoms with Crippen molar-refractivity contribution in [2.75, 3.05) is 0 Å². The molecule has 0 aliphatic rings. The fraction of sp³-hybridized carbons (Fsp3) is 0.200. The van der Waals surface area contributed by atoms with E-state index < -0.39 is 0 Å². The molecule has 10 heavy (non-hydrogen) atoms. The molecule has 0 saturated carbocycles. The summed E-state index contributed by atoms with van der Waals surface area (Å²) >= 11 is 7.71. The molecular formula is C5H5ClIN2Na. The number of rotatable bonds is 1. The molecule has 1 aromatic rings. The van der Waals surface area contributed by atoms with Crippen LogP contribution in [0.4, 0.5) is 0 Å². The first-order chi connectivity index (χ1) is 4.33. The standard InChI is InChI=1S/C5H4ClIN2.Na.H/c6-5-3-8-4(1-7)2-9-5;;/h2-3H,1H2;;/q;+1;-1. The average Bonchev–Trinajstić information content (AvgIpc) is 1.90. The third-order valence-electron chi connectivity index (χ3n) is 0.811. The summed E-state index contributed by atoms with van der Waals surface area (Å²) in [7, 11) is 0. The van der Waals surface area contributed by atoms with Crippen molar-refractivity contribution in [1.82, 2.24) is 9.97 Å². The quantitative estimate of drug-likeness (QED) is 0.381. The van der Waals surface area contributed by atoms with Gasteiger partial charge in [0.2, 0.25) is 0 Å². The topological polar surface area (TPSA) is 25.8 Å². The van der Waals surface area contributed by atoms with Crippen molar-refractivity contribution in [2.24, 2.45) is 0 Å². The Balaban J connectivity index is 0. The molecule has 1 heterocycles. The Hall–Kier alpha value is 1.10. The molecule has 0 aliphatic carbocycles. The second-order valence-electron chi connectivity index (χ2n) is 1.46. The molecule has 0 unspecified atom stereocenters. The first-order valence-corrected chi connectivity index (χ1v) is 4.25. The summed E-state index contributed by atoms with van der Waals surface area (Å²) in [6.07, 6.45) is 3.23. The molecule has 0 saturated heterocycles. The minimum absolute atomic E-state index is 0. The SMILES string of the molecule is Clc1cnc(CI)cn1.[H-].[Na+]. The van der Waals surface area contributed by atoms with Gasteiger partial charge in [-0.2, -0.15) is 0 Å². The van der Waals surface area contributed by atoms with Gasteiger partial charge in [-0.15, -0.1) is 0 Å². The molecule has 0 bridgehead atoms. The second kappa shape index (κ2) is 5.71. The van der Waals surface area contributed by atoms with Crippen LogP contribution in [0.3, 0.4) is 0 Å². The largest absolute Gasteiger partial charge is 1.00 e. The molecule has 50 valence electrons. The van der Waals surface area contributed by atoms with Crippen molar-refractivity contribution in [3.63, 3.8) is 0 Å². The minimum Gasteiger partial charge on any atom is -1.00 e. The summed E-state index contributed by atoms with van der Waals surface area (Å²) in [5, 5.41) is 0.448. The van der Waals surface area contributed by atoms with Gasteiger partial charge in [0.1, 0.15) is 5.15 Å². The fourth-order valence-electron chi connectivity index (χ4n) is 0.408. The van der Waals surface area contributed by atoms with E-state index in [0.717, 1.165) is 10.1 Å². The van der Waals surface area contributed by atoms with Crippen LogP contribution in [-0.4, -0.2) is 9.97 Å². The van der Waals surface area contributed by atoms with Crippen LogP contribution in [0.5, 0.6) is 0 Å². The Kier molecular flexibility index (Phi) is 6.34. The van der Waals surface area contributed by atoms with Gasteiger partial charge in [-0.1, -0.05) is 34.2 Å². The maximum absolute atomic E-state index is 5.49.